The van der Waals surface area contributed by atoms with Crippen molar-refractivity contribution in [1.29, 1.82) is 0 Å². The van der Waals surface area contributed by atoms with Gasteiger partial charge in [-0.3, -0.25) is 4.79 Å². The lowest BCUT2D eigenvalue weighted by molar-refractivity contribution is -0.185. The monoisotopic (exact) mass is 475 g/mol. The SMILES string of the molecule is O=C(O)CCCNCc1cc#cc2c(C(F)(F)F)c(OC3CCC(C(F)(F)F)CC3)ccc12. The molecule has 1 saturated carbocycles. The number of alkyl halides is 6. The summed E-state index contributed by atoms with van der Waals surface area (Å²) in [7, 11) is 0. The highest BCUT2D eigenvalue weighted by Crippen LogP contribution is 2.43. The van der Waals surface area contributed by atoms with Gasteiger partial charge in [-0.1, -0.05) is 12.1 Å². The fourth-order valence-electron chi connectivity index (χ4n) is 4.06. The number of ether oxygens (including phenoxy) is 1. The first-order chi connectivity index (χ1) is 15.5. The molecule has 2 aromatic rings. The van der Waals surface area contributed by atoms with Gasteiger partial charge in [-0.2, -0.15) is 26.3 Å². The average molecular weight is 475 g/mol. The Balaban J connectivity index is 1.80. The highest BCUT2D eigenvalue weighted by atomic mass is 19.4. The van der Waals surface area contributed by atoms with Gasteiger partial charge in [0.05, 0.1) is 12.0 Å². The molecule has 0 saturated heterocycles. The van der Waals surface area contributed by atoms with E-state index in [1.165, 1.54) is 18.2 Å². The Hall–Kier alpha value is -2.67. The van der Waals surface area contributed by atoms with E-state index >= 15 is 0 Å². The minimum Gasteiger partial charge on any atom is -0.490 e. The summed E-state index contributed by atoms with van der Waals surface area (Å²) in [6.07, 6.45) is -9.77. The zero-order chi connectivity index (χ0) is 24.2. The third-order valence-corrected chi connectivity index (χ3v) is 5.73. The third-order valence-electron chi connectivity index (χ3n) is 5.73. The summed E-state index contributed by atoms with van der Waals surface area (Å²) in [5.41, 5.74) is -0.497. The molecular formula is C23H23F6NO3. The highest BCUT2D eigenvalue weighted by molar-refractivity contribution is 5.89. The first-order valence-corrected chi connectivity index (χ1v) is 10.6. The predicted octanol–water partition coefficient (Wildman–Crippen LogP) is 5.91. The van der Waals surface area contributed by atoms with Gasteiger partial charge < -0.3 is 15.2 Å². The van der Waals surface area contributed by atoms with E-state index in [-0.39, 0.29) is 44.0 Å². The van der Waals surface area contributed by atoms with Crippen LogP contribution in [-0.2, 0) is 17.5 Å². The van der Waals surface area contributed by atoms with Crippen molar-refractivity contribution in [2.45, 2.75) is 63.5 Å². The maximum Gasteiger partial charge on any atom is 0.421 e. The van der Waals surface area contributed by atoms with Crippen molar-refractivity contribution in [3.8, 4) is 5.75 Å². The van der Waals surface area contributed by atoms with Gasteiger partial charge >= 0.3 is 18.3 Å². The minimum atomic E-state index is -4.77. The van der Waals surface area contributed by atoms with E-state index in [1.54, 1.807) is 0 Å². The molecule has 0 radical (unpaired) electrons. The number of halogens is 6. The second-order valence-electron chi connectivity index (χ2n) is 8.11. The molecule has 0 atom stereocenters. The van der Waals surface area contributed by atoms with Crippen LogP contribution in [0.2, 0.25) is 0 Å². The van der Waals surface area contributed by atoms with E-state index in [0.717, 1.165) is 0 Å². The molecule has 1 aliphatic carbocycles. The molecule has 0 aromatic heterocycles. The van der Waals surface area contributed by atoms with Crippen LogP contribution in [0.1, 0.15) is 49.7 Å². The minimum absolute atomic E-state index is 0.0216. The number of fused-ring (bicyclic) bond motifs is 1. The van der Waals surface area contributed by atoms with Crippen LogP contribution in [-0.4, -0.2) is 29.9 Å². The molecule has 4 nitrogen and oxygen atoms in total. The topological polar surface area (TPSA) is 58.6 Å². The summed E-state index contributed by atoms with van der Waals surface area (Å²) in [5, 5.41) is 11.7. The predicted molar refractivity (Wildman–Crippen MR) is 108 cm³/mol. The maximum absolute atomic E-state index is 14.0. The summed E-state index contributed by atoms with van der Waals surface area (Å²) in [4.78, 5) is 10.6. The summed E-state index contributed by atoms with van der Waals surface area (Å²) in [6.45, 7) is 0.584. The molecular weight excluding hydrogens is 452 g/mol. The number of nitrogens with one attached hydrogen (secondary N) is 1. The summed E-state index contributed by atoms with van der Waals surface area (Å²) < 4.78 is 86.1. The van der Waals surface area contributed by atoms with Gasteiger partial charge in [-0.25, -0.2) is 0 Å². The Morgan fingerprint density at radius 1 is 1.12 bits per heavy atom. The molecule has 180 valence electrons. The van der Waals surface area contributed by atoms with Crippen molar-refractivity contribution in [3.63, 3.8) is 0 Å². The number of aliphatic carboxylic acids is 1. The van der Waals surface area contributed by atoms with E-state index in [2.05, 4.69) is 17.4 Å². The molecule has 2 N–H and O–H groups in total. The first kappa shape index (κ1) is 25.0. The van der Waals surface area contributed by atoms with E-state index < -0.39 is 41.7 Å². The molecule has 33 heavy (non-hydrogen) atoms. The molecule has 3 rings (SSSR count). The smallest absolute Gasteiger partial charge is 0.421 e. The fourth-order valence-corrected chi connectivity index (χ4v) is 4.06. The van der Waals surface area contributed by atoms with Crippen molar-refractivity contribution in [3.05, 3.63) is 41.5 Å². The van der Waals surface area contributed by atoms with Gasteiger partial charge in [0.15, 0.2) is 0 Å². The third kappa shape index (κ3) is 6.44. The Bertz CT molecular complexity index is 965. The number of carbonyl (C=O) groups is 1. The quantitative estimate of drug-likeness (QED) is 0.368. The lowest BCUT2D eigenvalue weighted by Gasteiger charge is -2.31. The van der Waals surface area contributed by atoms with Crippen molar-refractivity contribution < 1.29 is 41.0 Å². The lowest BCUT2D eigenvalue weighted by atomic mass is 9.87. The molecule has 0 heterocycles. The van der Waals surface area contributed by atoms with Crippen LogP contribution < -0.4 is 10.1 Å². The van der Waals surface area contributed by atoms with E-state index in [9.17, 15) is 31.1 Å². The summed E-state index contributed by atoms with van der Waals surface area (Å²) in [5.74, 6) is -2.81. The van der Waals surface area contributed by atoms with Gasteiger partial charge in [0, 0.05) is 18.4 Å². The summed E-state index contributed by atoms with van der Waals surface area (Å²) in [6, 6.07) is 9.27. The highest BCUT2D eigenvalue weighted by Gasteiger charge is 2.42. The molecule has 0 unspecified atom stereocenters. The van der Waals surface area contributed by atoms with Gasteiger partial charge in [0.2, 0.25) is 0 Å². The number of rotatable bonds is 8. The number of hydrogen-bond acceptors (Lipinski definition) is 3. The molecule has 1 fully saturated rings. The molecule has 0 amide bonds. The normalized spacial score (nSPS) is 19.3. The lowest BCUT2D eigenvalue weighted by Crippen LogP contribution is -2.32. The van der Waals surface area contributed by atoms with Crippen molar-refractivity contribution in [2.75, 3.05) is 6.54 Å². The van der Waals surface area contributed by atoms with Crippen molar-refractivity contribution in [1.82, 2.24) is 5.32 Å². The zero-order valence-corrected chi connectivity index (χ0v) is 17.6. The van der Waals surface area contributed by atoms with Crippen LogP contribution >= 0.6 is 0 Å². The zero-order valence-electron chi connectivity index (χ0n) is 17.6. The molecule has 1 aliphatic rings. The molecule has 0 bridgehead atoms. The second kappa shape index (κ2) is 10.1. The largest absolute Gasteiger partial charge is 0.490 e. The van der Waals surface area contributed by atoms with Crippen LogP contribution in [0.25, 0.3) is 10.8 Å². The Labute approximate surface area is 186 Å². The average Bonchev–Trinajstić information content (AvgIpc) is 2.72. The second-order valence-corrected chi connectivity index (χ2v) is 8.11. The van der Waals surface area contributed by atoms with E-state index in [1.807, 2.05) is 0 Å². The molecule has 10 heteroatoms. The number of carboxylic acid groups (broad SMARTS) is 1. The van der Waals surface area contributed by atoms with Crippen LogP contribution in [0.15, 0.2) is 18.2 Å². The summed E-state index contributed by atoms with van der Waals surface area (Å²) >= 11 is 0. The Morgan fingerprint density at radius 2 is 1.82 bits per heavy atom. The molecule has 2 aromatic carbocycles. The molecule has 0 aliphatic heterocycles. The standard InChI is InChI=1S/C23H23F6NO3/c24-22(25,26)15-6-8-16(9-7-15)33-19-11-10-17-14(13-30-12-2-5-20(31)32)3-1-4-18(17)21(19)23(27,28)29/h3,10-11,15-16,30H,2,5-9,12-13H2,(H,31,32). The van der Waals surface area contributed by atoms with Crippen LogP contribution in [0.3, 0.4) is 0 Å². The van der Waals surface area contributed by atoms with Gasteiger partial charge in [0.1, 0.15) is 11.3 Å². The maximum atomic E-state index is 14.0. The van der Waals surface area contributed by atoms with Crippen LogP contribution in [0.4, 0.5) is 26.3 Å². The number of hydrogen-bond donors (Lipinski definition) is 2. The molecule has 0 spiro atoms. The fraction of sp³-hybridized carbons (Fsp3) is 0.522. The number of benzene rings is 1. The van der Waals surface area contributed by atoms with Gasteiger partial charge in [-0.05, 0) is 67.8 Å². The number of carboxylic acids is 1. The van der Waals surface area contributed by atoms with Crippen LogP contribution in [0, 0.1) is 18.1 Å². The van der Waals surface area contributed by atoms with Crippen molar-refractivity contribution in [2.24, 2.45) is 5.92 Å². The Morgan fingerprint density at radius 3 is 2.42 bits per heavy atom. The van der Waals surface area contributed by atoms with Crippen LogP contribution in [0.5, 0.6) is 5.75 Å². The van der Waals surface area contributed by atoms with Gasteiger partial charge in [-0.15, -0.1) is 0 Å². The first-order valence-electron chi connectivity index (χ1n) is 10.6. The van der Waals surface area contributed by atoms with Crippen molar-refractivity contribution >= 4 is 16.7 Å². The van der Waals surface area contributed by atoms with Gasteiger partial charge in [0.25, 0.3) is 0 Å². The van der Waals surface area contributed by atoms with E-state index in [4.69, 9.17) is 9.84 Å². The van der Waals surface area contributed by atoms with E-state index in [0.29, 0.717) is 23.9 Å². The Kier molecular flexibility index (Phi) is 7.62.